The lowest BCUT2D eigenvalue weighted by atomic mass is 10.1. The van der Waals surface area contributed by atoms with Gasteiger partial charge in [0.05, 0.1) is 11.1 Å². The van der Waals surface area contributed by atoms with Gasteiger partial charge < -0.3 is 15.4 Å². The van der Waals surface area contributed by atoms with Gasteiger partial charge in [0.1, 0.15) is 5.75 Å². The SMILES string of the molecule is Cc1cc(NC(=O)c2cccc3cc[nH]c23)ccc1O. The van der Waals surface area contributed by atoms with Gasteiger partial charge in [0, 0.05) is 17.3 Å². The zero-order chi connectivity index (χ0) is 14.1. The maximum atomic E-state index is 12.3. The van der Waals surface area contributed by atoms with Crippen molar-refractivity contribution in [1.29, 1.82) is 0 Å². The molecule has 0 spiro atoms. The molecule has 4 heteroatoms. The number of amides is 1. The number of para-hydroxylation sites is 1. The third-order valence-electron chi connectivity index (χ3n) is 3.29. The summed E-state index contributed by atoms with van der Waals surface area (Å²) in [5.41, 5.74) is 2.80. The Morgan fingerprint density at radius 1 is 1.20 bits per heavy atom. The second-order valence-corrected chi connectivity index (χ2v) is 4.70. The van der Waals surface area contributed by atoms with Crippen molar-refractivity contribution >= 4 is 22.5 Å². The molecule has 0 bridgehead atoms. The van der Waals surface area contributed by atoms with Gasteiger partial charge in [-0.05, 0) is 42.8 Å². The lowest BCUT2D eigenvalue weighted by Crippen LogP contribution is -2.12. The highest BCUT2D eigenvalue weighted by atomic mass is 16.3. The Labute approximate surface area is 116 Å². The molecule has 3 aromatic rings. The van der Waals surface area contributed by atoms with Gasteiger partial charge in [0.2, 0.25) is 0 Å². The maximum Gasteiger partial charge on any atom is 0.257 e. The smallest absolute Gasteiger partial charge is 0.257 e. The molecular weight excluding hydrogens is 252 g/mol. The van der Waals surface area contributed by atoms with Crippen LogP contribution in [-0.2, 0) is 0 Å². The van der Waals surface area contributed by atoms with Crippen LogP contribution in [0, 0.1) is 6.92 Å². The van der Waals surface area contributed by atoms with Crippen molar-refractivity contribution in [3.8, 4) is 5.75 Å². The Balaban J connectivity index is 1.93. The molecule has 0 saturated heterocycles. The highest BCUT2D eigenvalue weighted by Crippen LogP contribution is 2.22. The Kier molecular flexibility index (Phi) is 2.91. The fraction of sp³-hybridized carbons (Fsp3) is 0.0625. The summed E-state index contributed by atoms with van der Waals surface area (Å²) >= 11 is 0. The average molecular weight is 266 g/mol. The molecule has 20 heavy (non-hydrogen) atoms. The fourth-order valence-electron chi connectivity index (χ4n) is 2.21. The Hall–Kier alpha value is -2.75. The van der Waals surface area contributed by atoms with Crippen LogP contribution in [-0.4, -0.2) is 16.0 Å². The minimum Gasteiger partial charge on any atom is -0.508 e. The Bertz CT molecular complexity index is 790. The van der Waals surface area contributed by atoms with Crippen LogP contribution in [0.1, 0.15) is 15.9 Å². The minimum absolute atomic E-state index is 0.178. The average Bonchev–Trinajstić information content (AvgIpc) is 2.91. The molecule has 2 aromatic carbocycles. The van der Waals surface area contributed by atoms with E-state index in [0.29, 0.717) is 11.3 Å². The topological polar surface area (TPSA) is 65.1 Å². The molecule has 0 atom stereocenters. The van der Waals surface area contributed by atoms with Crippen molar-refractivity contribution in [3.63, 3.8) is 0 Å². The predicted molar refractivity (Wildman–Crippen MR) is 79.1 cm³/mol. The third kappa shape index (κ3) is 2.12. The number of anilines is 1. The number of aromatic nitrogens is 1. The summed E-state index contributed by atoms with van der Waals surface area (Å²) in [6.45, 7) is 1.79. The van der Waals surface area contributed by atoms with E-state index in [4.69, 9.17) is 0 Å². The van der Waals surface area contributed by atoms with E-state index in [1.165, 1.54) is 0 Å². The van der Waals surface area contributed by atoms with Crippen molar-refractivity contribution in [2.45, 2.75) is 6.92 Å². The first kappa shape index (κ1) is 12.3. The number of phenols is 1. The number of H-pyrrole nitrogens is 1. The Morgan fingerprint density at radius 2 is 2.05 bits per heavy atom. The first-order valence-corrected chi connectivity index (χ1v) is 6.32. The van der Waals surface area contributed by atoms with Gasteiger partial charge in [0.15, 0.2) is 0 Å². The van der Waals surface area contributed by atoms with Gasteiger partial charge in [-0.1, -0.05) is 12.1 Å². The van der Waals surface area contributed by atoms with E-state index >= 15 is 0 Å². The summed E-state index contributed by atoms with van der Waals surface area (Å²) in [4.78, 5) is 15.4. The number of rotatable bonds is 2. The first-order valence-electron chi connectivity index (χ1n) is 6.32. The van der Waals surface area contributed by atoms with Crippen LogP contribution in [0.15, 0.2) is 48.7 Å². The zero-order valence-corrected chi connectivity index (χ0v) is 11.0. The van der Waals surface area contributed by atoms with E-state index in [9.17, 15) is 9.90 Å². The number of aromatic amines is 1. The van der Waals surface area contributed by atoms with Crippen molar-refractivity contribution in [3.05, 3.63) is 59.8 Å². The van der Waals surface area contributed by atoms with Crippen molar-refractivity contribution < 1.29 is 9.90 Å². The van der Waals surface area contributed by atoms with Gasteiger partial charge in [-0.3, -0.25) is 4.79 Å². The van der Waals surface area contributed by atoms with Crippen LogP contribution in [0.25, 0.3) is 10.9 Å². The highest BCUT2D eigenvalue weighted by Gasteiger charge is 2.11. The number of phenolic OH excluding ortho intramolecular Hbond substituents is 1. The molecule has 1 amide bonds. The molecule has 0 radical (unpaired) electrons. The molecular formula is C16H14N2O2. The van der Waals surface area contributed by atoms with E-state index in [1.54, 1.807) is 31.2 Å². The molecule has 0 fully saturated rings. The van der Waals surface area contributed by atoms with Crippen LogP contribution in [0.2, 0.25) is 0 Å². The zero-order valence-electron chi connectivity index (χ0n) is 11.0. The molecule has 100 valence electrons. The standard InChI is InChI=1S/C16H14N2O2/c1-10-9-12(5-6-14(10)19)18-16(20)13-4-2-3-11-7-8-17-15(11)13/h2-9,17,19H,1H3,(H,18,20). The molecule has 0 saturated carbocycles. The Morgan fingerprint density at radius 3 is 2.85 bits per heavy atom. The van der Waals surface area contributed by atoms with Crippen LogP contribution in [0.5, 0.6) is 5.75 Å². The van der Waals surface area contributed by atoms with Gasteiger partial charge in [0.25, 0.3) is 5.91 Å². The van der Waals surface area contributed by atoms with Gasteiger partial charge in [-0.2, -0.15) is 0 Å². The molecule has 0 aliphatic heterocycles. The molecule has 3 rings (SSSR count). The van der Waals surface area contributed by atoms with Crippen LogP contribution < -0.4 is 5.32 Å². The second-order valence-electron chi connectivity index (χ2n) is 4.70. The number of carbonyl (C=O) groups excluding carboxylic acids is 1. The molecule has 0 aliphatic carbocycles. The lowest BCUT2D eigenvalue weighted by Gasteiger charge is -2.08. The molecule has 1 heterocycles. The number of aryl methyl sites for hydroxylation is 1. The molecule has 1 aromatic heterocycles. The van der Waals surface area contributed by atoms with E-state index in [1.807, 2.05) is 24.4 Å². The summed E-state index contributed by atoms with van der Waals surface area (Å²) < 4.78 is 0. The van der Waals surface area contributed by atoms with E-state index in [0.717, 1.165) is 16.5 Å². The summed E-state index contributed by atoms with van der Waals surface area (Å²) in [6.07, 6.45) is 1.81. The number of hydrogen-bond donors (Lipinski definition) is 3. The molecule has 4 nitrogen and oxygen atoms in total. The van der Waals surface area contributed by atoms with Gasteiger partial charge in [-0.15, -0.1) is 0 Å². The normalized spacial score (nSPS) is 10.7. The number of aromatic hydroxyl groups is 1. The van der Waals surface area contributed by atoms with E-state index in [2.05, 4.69) is 10.3 Å². The second kappa shape index (κ2) is 4.74. The number of benzene rings is 2. The van der Waals surface area contributed by atoms with Crippen molar-refractivity contribution in [2.24, 2.45) is 0 Å². The number of fused-ring (bicyclic) bond motifs is 1. The number of hydrogen-bond acceptors (Lipinski definition) is 2. The fourth-order valence-corrected chi connectivity index (χ4v) is 2.21. The van der Waals surface area contributed by atoms with Crippen LogP contribution >= 0.6 is 0 Å². The molecule has 0 aliphatic rings. The summed E-state index contributed by atoms with van der Waals surface area (Å²) in [6, 6.07) is 12.5. The quantitative estimate of drug-likeness (QED) is 0.622. The van der Waals surface area contributed by atoms with Crippen LogP contribution in [0.3, 0.4) is 0 Å². The number of carbonyl (C=O) groups is 1. The maximum absolute atomic E-state index is 12.3. The largest absolute Gasteiger partial charge is 0.508 e. The predicted octanol–water partition coefficient (Wildman–Crippen LogP) is 3.43. The lowest BCUT2D eigenvalue weighted by molar-refractivity contribution is 0.102. The van der Waals surface area contributed by atoms with Gasteiger partial charge in [-0.25, -0.2) is 0 Å². The van der Waals surface area contributed by atoms with E-state index < -0.39 is 0 Å². The summed E-state index contributed by atoms with van der Waals surface area (Å²) in [7, 11) is 0. The monoisotopic (exact) mass is 266 g/mol. The van der Waals surface area contributed by atoms with Gasteiger partial charge >= 0.3 is 0 Å². The molecule has 0 unspecified atom stereocenters. The minimum atomic E-state index is -0.178. The highest BCUT2D eigenvalue weighted by molar-refractivity contribution is 6.12. The van der Waals surface area contributed by atoms with Crippen LogP contribution in [0.4, 0.5) is 5.69 Å². The third-order valence-corrected chi connectivity index (χ3v) is 3.29. The molecule has 3 N–H and O–H groups in total. The van der Waals surface area contributed by atoms with Crippen molar-refractivity contribution in [2.75, 3.05) is 5.32 Å². The van der Waals surface area contributed by atoms with Crippen molar-refractivity contribution in [1.82, 2.24) is 4.98 Å². The number of nitrogens with one attached hydrogen (secondary N) is 2. The van der Waals surface area contributed by atoms with E-state index in [-0.39, 0.29) is 11.7 Å². The summed E-state index contributed by atoms with van der Waals surface area (Å²) in [5.74, 6) is 0.0395. The summed E-state index contributed by atoms with van der Waals surface area (Å²) in [5, 5.41) is 13.3. The first-order chi connectivity index (χ1) is 9.65.